The monoisotopic (exact) mass is 416 g/mol. The average molecular weight is 417 g/mol. The summed E-state index contributed by atoms with van der Waals surface area (Å²) in [6.45, 7) is 2.65. The molecule has 4 rings (SSSR count). The molecule has 2 aliphatic rings. The normalized spacial score (nSPS) is 21.9. The van der Waals surface area contributed by atoms with Crippen molar-refractivity contribution in [1.29, 1.82) is 0 Å². The van der Waals surface area contributed by atoms with Crippen LogP contribution in [-0.2, 0) is 16.4 Å². The quantitative estimate of drug-likeness (QED) is 0.709. The zero-order chi connectivity index (χ0) is 20.4. The molecule has 1 aromatic carbocycles. The van der Waals surface area contributed by atoms with E-state index in [9.17, 15) is 18.0 Å². The smallest absolute Gasteiger partial charge is 0.274 e. The third kappa shape index (κ3) is 4.56. The van der Waals surface area contributed by atoms with Crippen LogP contribution in [0.15, 0.2) is 47.3 Å². The van der Waals surface area contributed by atoms with Crippen LogP contribution in [0.25, 0.3) is 0 Å². The van der Waals surface area contributed by atoms with E-state index in [4.69, 9.17) is 0 Å². The van der Waals surface area contributed by atoms with Crippen molar-refractivity contribution in [3.63, 3.8) is 0 Å². The lowest BCUT2D eigenvalue weighted by Crippen LogP contribution is -2.52. The first kappa shape index (κ1) is 19.8. The topological polar surface area (TPSA) is 92.6 Å². The number of benzene rings is 1. The van der Waals surface area contributed by atoms with Crippen molar-refractivity contribution in [3.05, 3.63) is 64.1 Å². The Morgan fingerprint density at radius 3 is 2.41 bits per heavy atom. The minimum absolute atomic E-state index is 0.0585. The van der Waals surface area contributed by atoms with Gasteiger partial charge in [-0.25, -0.2) is 13.1 Å². The van der Waals surface area contributed by atoms with Crippen molar-refractivity contribution in [2.24, 2.45) is 0 Å². The molecule has 8 nitrogen and oxygen atoms in total. The van der Waals surface area contributed by atoms with Crippen LogP contribution in [0.4, 0.5) is 0 Å². The Labute approximate surface area is 169 Å². The molecule has 1 amide bonds. The van der Waals surface area contributed by atoms with Gasteiger partial charge in [0, 0.05) is 38.3 Å². The highest BCUT2D eigenvalue weighted by molar-refractivity contribution is 7.91. The van der Waals surface area contributed by atoms with Crippen molar-refractivity contribution < 1.29 is 13.2 Å². The Hall–Kier alpha value is -2.52. The second kappa shape index (κ2) is 8.08. The Balaban J connectivity index is 1.41. The molecule has 2 aromatic rings. The average Bonchev–Trinajstić information content (AvgIpc) is 3.10. The number of carbonyl (C=O) groups excluding carboxylic acids is 1. The van der Waals surface area contributed by atoms with Crippen LogP contribution >= 0.6 is 0 Å². The number of aromatic nitrogens is 2. The summed E-state index contributed by atoms with van der Waals surface area (Å²) < 4.78 is 24.7. The molecule has 154 valence electrons. The van der Waals surface area contributed by atoms with Crippen LogP contribution in [0, 0.1) is 0 Å². The predicted octanol–water partition coefficient (Wildman–Crippen LogP) is 0.237. The summed E-state index contributed by atoms with van der Waals surface area (Å²) in [4.78, 5) is 28.9. The van der Waals surface area contributed by atoms with Gasteiger partial charge in [-0.05, 0) is 18.1 Å². The van der Waals surface area contributed by atoms with Gasteiger partial charge in [0.2, 0.25) is 0 Å². The molecule has 0 radical (unpaired) electrons. The van der Waals surface area contributed by atoms with E-state index in [1.807, 2.05) is 30.3 Å². The standard InChI is InChI=1S/C20H24N4O4S/c25-19-7-6-18(21-24(19)14-16-4-2-1-3-5-16)20(26)23-11-9-22(10-12-23)17-8-13-29(27,28)15-17/h1-7,17H,8-15H2. The van der Waals surface area contributed by atoms with Gasteiger partial charge in [0.25, 0.3) is 11.5 Å². The molecule has 1 unspecified atom stereocenters. The molecule has 2 saturated heterocycles. The van der Waals surface area contributed by atoms with Gasteiger partial charge in [-0.2, -0.15) is 5.10 Å². The summed E-state index contributed by atoms with van der Waals surface area (Å²) in [5.74, 6) is 0.266. The number of hydrogen-bond donors (Lipinski definition) is 0. The van der Waals surface area contributed by atoms with E-state index in [-0.39, 0.29) is 34.7 Å². The second-order valence-corrected chi connectivity index (χ2v) is 9.81. The van der Waals surface area contributed by atoms with Gasteiger partial charge in [0.1, 0.15) is 5.69 Å². The van der Waals surface area contributed by atoms with E-state index in [2.05, 4.69) is 10.00 Å². The van der Waals surface area contributed by atoms with Crippen molar-refractivity contribution in [3.8, 4) is 0 Å². The minimum atomic E-state index is -2.92. The lowest BCUT2D eigenvalue weighted by Gasteiger charge is -2.37. The number of piperazine rings is 1. The fraction of sp³-hybridized carbons (Fsp3) is 0.450. The van der Waals surface area contributed by atoms with Gasteiger partial charge in [0.05, 0.1) is 18.1 Å². The molecule has 0 bridgehead atoms. The van der Waals surface area contributed by atoms with E-state index < -0.39 is 9.84 Å². The van der Waals surface area contributed by atoms with Crippen LogP contribution in [0.5, 0.6) is 0 Å². The molecule has 1 aromatic heterocycles. The second-order valence-electron chi connectivity index (χ2n) is 7.59. The van der Waals surface area contributed by atoms with Crippen molar-refractivity contribution in [1.82, 2.24) is 19.6 Å². The largest absolute Gasteiger partial charge is 0.335 e. The molecule has 3 heterocycles. The molecule has 29 heavy (non-hydrogen) atoms. The highest BCUT2D eigenvalue weighted by Crippen LogP contribution is 2.19. The van der Waals surface area contributed by atoms with Gasteiger partial charge in [0.15, 0.2) is 9.84 Å². The van der Waals surface area contributed by atoms with E-state index in [1.54, 1.807) is 4.90 Å². The van der Waals surface area contributed by atoms with Crippen molar-refractivity contribution in [2.45, 2.75) is 19.0 Å². The lowest BCUT2D eigenvalue weighted by atomic mass is 10.2. The molecule has 0 spiro atoms. The number of sulfone groups is 1. The minimum Gasteiger partial charge on any atom is -0.335 e. The molecule has 1 atom stereocenters. The first-order valence-electron chi connectivity index (χ1n) is 9.77. The first-order chi connectivity index (χ1) is 13.9. The molecular formula is C20H24N4O4S. The summed E-state index contributed by atoms with van der Waals surface area (Å²) in [6, 6.07) is 12.4. The van der Waals surface area contributed by atoms with E-state index in [1.165, 1.54) is 16.8 Å². The maximum absolute atomic E-state index is 12.9. The molecule has 0 N–H and O–H groups in total. The Bertz CT molecular complexity index is 1040. The Kier molecular flexibility index (Phi) is 5.51. The zero-order valence-corrected chi connectivity index (χ0v) is 16.9. The molecule has 0 saturated carbocycles. The first-order valence-corrected chi connectivity index (χ1v) is 11.6. The number of rotatable bonds is 4. The fourth-order valence-electron chi connectivity index (χ4n) is 3.95. The zero-order valence-electron chi connectivity index (χ0n) is 16.1. The van der Waals surface area contributed by atoms with Gasteiger partial charge in [-0.1, -0.05) is 30.3 Å². The van der Waals surface area contributed by atoms with Crippen LogP contribution in [0.1, 0.15) is 22.5 Å². The molecule has 2 aliphatic heterocycles. The maximum atomic E-state index is 12.9. The van der Waals surface area contributed by atoms with Crippen LogP contribution < -0.4 is 5.56 Å². The number of nitrogens with zero attached hydrogens (tertiary/aromatic N) is 4. The van der Waals surface area contributed by atoms with E-state index in [0.29, 0.717) is 39.1 Å². The summed E-state index contributed by atoms with van der Waals surface area (Å²) in [5, 5.41) is 4.28. The molecular weight excluding hydrogens is 392 g/mol. The van der Waals surface area contributed by atoms with Gasteiger partial charge in [-0.15, -0.1) is 0 Å². The Morgan fingerprint density at radius 2 is 1.76 bits per heavy atom. The predicted molar refractivity (Wildman–Crippen MR) is 109 cm³/mol. The molecule has 2 fully saturated rings. The molecule has 0 aliphatic carbocycles. The third-order valence-corrected chi connectivity index (χ3v) is 7.34. The summed E-state index contributed by atoms with van der Waals surface area (Å²) in [5.41, 5.74) is 0.932. The fourth-order valence-corrected chi connectivity index (χ4v) is 5.71. The van der Waals surface area contributed by atoms with Crippen LogP contribution in [0.3, 0.4) is 0 Å². The summed E-state index contributed by atoms with van der Waals surface area (Å²) in [7, 11) is -2.92. The highest BCUT2D eigenvalue weighted by Gasteiger charge is 2.34. The van der Waals surface area contributed by atoms with Gasteiger partial charge < -0.3 is 4.90 Å². The van der Waals surface area contributed by atoms with E-state index >= 15 is 0 Å². The summed E-state index contributed by atoms with van der Waals surface area (Å²) in [6.07, 6.45) is 0.669. The summed E-state index contributed by atoms with van der Waals surface area (Å²) >= 11 is 0. The van der Waals surface area contributed by atoms with E-state index in [0.717, 1.165) is 5.56 Å². The van der Waals surface area contributed by atoms with Crippen LogP contribution in [0.2, 0.25) is 0 Å². The Morgan fingerprint density at radius 1 is 1.03 bits per heavy atom. The van der Waals surface area contributed by atoms with Crippen molar-refractivity contribution in [2.75, 3.05) is 37.7 Å². The lowest BCUT2D eigenvalue weighted by molar-refractivity contribution is 0.0580. The highest BCUT2D eigenvalue weighted by atomic mass is 32.2. The van der Waals surface area contributed by atoms with Crippen molar-refractivity contribution >= 4 is 15.7 Å². The van der Waals surface area contributed by atoms with Gasteiger partial charge >= 0.3 is 0 Å². The van der Waals surface area contributed by atoms with Crippen LogP contribution in [-0.4, -0.2) is 77.6 Å². The number of amides is 1. The number of carbonyl (C=O) groups is 1. The number of hydrogen-bond acceptors (Lipinski definition) is 6. The SMILES string of the molecule is O=C(c1ccc(=O)n(Cc2ccccc2)n1)N1CCN(C2CCS(=O)(=O)C2)CC1. The maximum Gasteiger partial charge on any atom is 0.274 e. The third-order valence-electron chi connectivity index (χ3n) is 5.59. The van der Waals surface area contributed by atoms with Gasteiger partial charge in [-0.3, -0.25) is 14.5 Å². The molecule has 9 heteroatoms.